The first kappa shape index (κ1) is 14.3. The fraction of sp³-hybridized carbons (Fsp3) is 0.214. The zero-order valence-corrected chi connectivity index (χ0v) is 11.8. The van der Waals surface area contributed by atoms with Gasteiger partial charge >= 0.3 is 0 Å². The molecule has 1 atom stereocenters. The van der Waals surface area contributed by atoms with E-state index in [2.05, 4.69) is 10.3 Å². The van der Waals surface area contributed by atoms with Crippen LogP contribution in [-0.2, 0) is 6.42 Å². The summed E-state index contributed by atoms with van der Waals surface area (Å²) in [5.74, 6) is -0.348. The number of likely N-dealkylation sites (N-methyl/N-ethyl adjacent to an activating group) is 1. The lowest BCUT2D eigenvalue weighted by Crippen LogP contribution is -2.20. The van der Waals surface area contributed by atoms with E-state index in [0.29, 0.717) is 16.5 Å². The number of hydrogen-bond donors (Lipinski definition) is 1. The highest BCUT2D eigenvalue weighted by Crippen LogP contribution is 2.25. The number of halogens is 3. The molecule has 0 aliphatic carbocycles. The van der Waals surface area contributed by atoms with Gasteiger partial charge in [-0.25, -0.2) is 4.39 Å². The van der Waals surface area contributed by atoms with Crippen LogP contribution in [0.25, 0.3) is 0 Å². The summed E-state index contributed by atoms with van der Waals surface area (Å²) < 4.78 is 12.9. The molecule has 1 N–H and O–H groups in total. The minimum atomic E-state index is -0.348. The second kappa shape index (κ2) is 6.33. The van der Waals surface area contributed by atoms with Gasteiger partial charge in [0.2, 0.25) is 0 Å². The maximum atomic E-state index is 12.9. The van der Waals surface area contributed by atoms with Crippen molar-refractivity contribution in [2.45, 2.75) is 12.5 Å². The van der Waals surface area contributed by atoms with Gasteiger partial charge in [-0.2, -0.15) is 0 Å². The van der Waals surface area contributed by atoms with Gasteiger partial charge in [-0.05, 0) is 49.4 Å². The van der Waals surface area contributed by atoms with Crippen molar-refractivity contribution < 1.29 is 4.39 Å². The third kappa shape index (κ3) is 3.66. The van der Waals surface area contributed by atoms with Crippen LogP contribution in [0, 0.1) is 5.82 Å². The van der Waals surface area contributed by atoms with Gasteiger partial charge in [0.05, 0.1) is 17.9 Å². The molecule has 5 heteroatoms. The van der Waals surface area contributed by atoms with E-state index in [4.69, 9.17) is 23.2 Å². The Bertz CT molecular complexity index is 558. The Balaban J connectivity index is 2.23. The highest BCUT2D eigenvalue weighted by atomic mass is 35.5. The average Bonchev–Trinajstić information content (AvgIpc) is 2.41. The minimum Gasteiger partial charge on any atom is -0.311 e. The van der Waals surface area contributed by atoms with Crippen LogP contribution >= 0.6 is 23.2 Å². The Labute approximate surface area is 121 Å². The van der Waals surface area contributed by atoms with Gasteiger partial charge in [-0.1, -0.05) is 23.2 Å². The van der Waals surface area contributed by atoms with Crippen LogP contribution < -0.4 is 5.32 Å². The molecule has 0 saturated carbocycles. The van der Waals surface area contributed by atoms with E-state index in [1.807, 2.05) is 13.1 Å². The standard InChI is InChI=1S/C14H13Cl2FN2/c1-18-14(13-5-3-11(17)8-19-13)7-9-6-10(15)2-4-12(9)16/h2-6,8,14,18H,7H2,1H3. The van der Waals surface area contributed by atoms with Crippen molar-refractivity contribution in [3.63, 3.8) is 0 Å². The molecule has 1 heterocycles. The van der Waals surface area contributed by atoms with Crippen molar-refractivity contribution in [2.24, 2.45) is 0 Å². The first-order valence-corrected chi connectivity index (χ1v) is 6.58. The molecule has 0 radical (unpaired) electrons. The van der Waals surface area contributed by atoms with Gasteiger partial charge in [0.1, 0.15) is 5.82 Å². The maximum absolute atomic E-state index is 12.9. The second-order valence-corrected chi connectivity index (χ2v) is 5.03. The SMILES string of the molecule is CNC(Cc1cc(Cl)ccc1Cl)c1ccc(F)cn1. The largest absolute Gasteiger partial charge is 0.311 e. The molecule has 1 aromatic carbocycles. The van der Waals surface area contributed by atoms with E-state index in [9.17, 15) is 4.39 Å². The number of nitrogens with one attached hydrogen (secondary N) is 1. The number of rotatable bonds is 4. The van der Waals surface area contributed by atoms with E-state index in [1.165, 1.54) is 12.3 Å². The van der Waals surface area contributed by atoms with E-state index < -0.39 is 0 Å². The molecule has 2 nitrogen and oxygen atoms in total. The first-order chi connectivity index (χ1) is 9.10. The van der Waals surface area contributed by atoms with E-state index in [-0.39, 0.29) is 11.9 Å². The van der Waals surface area contributed by atoms with Gasteiger partial charge in [-0.3, -0.25) is 4.98 Å². The van der Waals surface area contributed by atoms with Crippen LogP contribution in [0.3, 0.4) is 0 Å². The van der Waals surface area contributed by atoms with Crippen molar-refractivity contribution in [1.82, 2.24) is 10.3 Å². The lowest BCUT2D eigenvalue weighted by Gasteiger charge is -2.16. The lowest BCUT2D eigenvalue weighted by atomic mass is 10.0. The molecule has 0 fully saturated rings. The van der Waals surface area contributed by atoms with E-state index >= 15 is 0 Å². The molecule has 0 aliphatic rings. The number of benzene rings is 1. The summed E-state index contributed by atoms with van der Waals surface area (Å²) in [4.78, 5) is 4.08. The summed E-state index contributed by atoms with van der Waals surface area (Å²) in [6, 6.07) is 8.36. The number of nitrogens with zero attached hydrogens (tertiary/aromatic N) is 1. The molecule has 0 spiro atoms. The molecule has 1 unspecified atom stereocenters. The minimum absolute atomic E-state index is 0.0448. The number of hydrogen-bond acceptors (Lipinski definition) is 2. The molecule has 100 valence electrons. The zero-order chi connectivity index (χ0) is 13.8. The van der Waals surface area contributed by atoms with Crippen LogP contribution in [0.4, 0.5) is 4.39 Å². The fourth-order valence-electron chi connectivity index (χ4n) is 1.87. The van der Waals surface area contributed by atoms with Gasteiger partial charge < -0.3 is 5.32 Å². The quantitative estimate of drug-likeness (QED) is 0.922. The Kier molecular flexibility index (Phi) is 4.75. The molecule has 2 aromatic rings. The Hall–Kier alpha value is -1.16. The van der Waals surface area contributed by atoms with Crippen LogP contribution in [0.5, 0.6) is 0 Å². The molecule has 1 aromatic heterocycles. The number of pyridine rings is 1. The summed E-state index contributed by atoms with van der Waals surface area (Å²) in [6.45, 7) is 0. The van der Waals surface area contributed by atoms with Crippen molar-refractivity contribution in [2.75, 3.05) is 7.05 Å². The van der Waals surface area contributed by atoms with Crippen LogP contribution in [0.2, 0.25) is 10.0 Å². The highest BCUT2D eigenvalue weighted by molar-refractivity contribution is 6.33. The third-order valence-corrected chi connectivity index (χ3v) is 3.49. The average molecular weight is 299 g/mol. The second-order valence-electron chi connectivity index (χ2n) is 4.18. The van der Waals surface area contributed by atoms with E-state index in [1.54, 1.807) is 18.2 Å². The number of aromatic nitrogens is 1. The Morgan fingerprint density at radius 1 is 1.26 bits per heavy atom. The van der Waals surface area contributed by atoms with Gasteiger partial charge in [0.25, 0.3) is 0 Å². The third-order valence-electron chi connectivity index (χ3n) is 2.89. The molecular formula is C14H13Cl2FN2. The van der Waals surface area contributed by atoms with Crippen LogP contribution in [-0.4, -0.2) is 12.0 Å². The van der Waals surface area contributed by atoms with Crippen molar-refractivity contribution in [1.29, 1.82) is 0 Å². The zero-order valence-electron chi connectivity index (χ0n) is 10.3. The van der Waals surface area contributed by atoms with Crippen LogP contribution in [0.1, 0.15) is 17.3 Å². The Morgan fingerprint density at radius 3 is 2.68 bits per heavy atom. The van der Waals surface area contributed by atoms with Crippen molar-refractivity contribution >= 4 is 23.2 Å². The van der Waals surface area contributed by atoms with Gasteiger partial charge in [0, 0.05) is 10.0 Å². The monoisotopic (exact) mass is 298 g/mol. The summed E-state index contributed by atoms with van der Waals surface area (Å²) >= 11 is 12.1. The molecule has 0 amide bonds. The smallest absolute Gasteiger partial charge is 0.141 e. The Morgan fingerprint density at radius 2 is 2.05 bits per heavy atom. The highest BCUT2D eigenvalue weighted by Gasteiger charge is 2.14. The summed E-state index contributed by atoms with van der Waals surface area (Å²) in [7, 11) is 1.83. The normalized spacial score (nSPS) is 12.4. The molecule has 0 saturated heterocycles. The lowest BCUT2D eigenvalue weighted by molar-refractivity contribution is 0.565. The maximum Gasteiger partial charge on any atom is 0.141 e. The summed E-state index contributed by atoms with van der Waals surface area (Å²) in [5.41, 5.74) is 1.69. The molecule has 0 bridgehead atoms. The topological polar surface area (TPSA) is 24.9 Å². The van der Waals surface area contributed by atoms with Crippen molar-refractivity contribution in [3.8, 4) is 0 Å². The van der Waals surface area contributed by atoms with Gasteiger partial charge in [0.15, 0.2) is 0 Å². The summed E-state index contributed by atoms with van der Waals surface area (Å²) in [5, 5.41) is 4.45. The van der Waals surface area contributed by atoms with E-state index in [0.717, 1.165) is 11.3 Å². The molecular weight excluding hydrogens is 286 g/mol. The summed E-state index contributed by atoms with van der Waals surface area (Å²) in [6.07, 6.45) is 1.84. The van der Waals surface area contributed by atoms with Crippen LogP contribution in [0.15, 0.2) is 36.5 Å². The predicted molar refractivity (Wildman–Crippen MR) is 76.2 cm³/mol. The molecule has 19 heavy (non-hydrogen) atoms. The predicted octanol–water partition coefficient (Wildman–Crippen LogP) is 4.03. The molecule has 0 aliphatic heterocycles. The molecule has 2 rings (SSSR count). The van der Waals surface area contributed by atoms with Gasteiger partial charge in [-0.15, -0.1) is 0 Å². The van der Waals surface area contributed by atoms with Crippen molar-refractivity contribution in [3.05, 3.63) is 63.6 Å². The fourth-order valence-corrected chi connectivity index (χ4v) is 2.26. The first-order valence-electron chi connectivity index (χ1n) is 5.83.